The summed E-state index contributed by atoms with van der Waals surface area (Å²) in [6.45, 7) is 7.15. The molecule has 162 valence electrons. The molecule has 0 spiro atoms. The van der Waals surface area contributed by atoms with Gasteiger partial charge in [-0.2, -0.15) is 0 Å². The first-order chi connectivity index (χ1) is 15.4. The SMILES string of the molecule is c1ccc(Cn2c(CN3CCOCC3)nnc2C2CCN(c3ccccn3)CC2)cc1. The van der Waals surface area contributed by atoms with Crippen LogP contribution < -0.4 is 4.90 Å². The van der Waals surface area contributed by atoms with Crippen molar-refractivity contribution in [1.29, 1.82) is 0 Å². The number of benzene rings is 1. The van der Waals surface area contributed by atoms with Crippen molar-refractivity contribution in [1.82, 2.24) is 24.6 Å². The fourth-order valence-corrected chi connectivity index (χ4v) is 4.57. The van der Waals surface area contributed by atoms with Crippen molar-refractivity contribution in [2.45, 2.75) is 31.8 Å². The number of hydrogen-bond acceptors (Lipinski definition) is 6. The summed E-state index contributed by atoms with van der Waals surface area (Å²) in [4.78, 5) is 9.32. The monoisotopic (exact) mass is 418 g/mol. The molecule has 7 heteroatoms. The highest BCUT2D eigenvalue weighted by Crippen LogP contribution is 2.30. The van der Waals surface area contributed by atoms with Crippen LogP contribution in [0.5, 0.6) is 0 Å². The van der Waals surface area contributed by atoms with Crippen LogP contribution in [0.25, 0.3) is 0 Å². The van der Waals surface area contributed by atoms with E-state index in [-0.39, 0.29) is 0 Å². The standard InChI is InChI=1S/C24H30N6O/c1-2-6-20(7-3-1)18-30-23(19-28-14-16-31-17-15-28)26-27-24(30)21-9-12-29(13-10-21)22-8-4-5-11-25-22/h1-8,11,21H,9-10,12-19H2. The van der Waals surface area contributed by atoms with Crippen LogP contribution in [0.15, 0.2) is 54.7 Å². The van der Waals surface area contributed by atoms with Crippen molar-refractivity contribution in [3.63, 3.8) is 0 Å². The van der Waals surface area contributed by atoms with Gasteiger partial charge >= 0.3 is 0 Å². The van der Waals surface area contributed by atoms with Crippen molar-refractivity contribution in [2.24, 2.45) is 0 Å². The Balaban J connectivity index is 1.35. The minimum Gasteiger partial charge on any atom is -0.379 e. The number of ether oxygens (including phenoxy) is 1. The average Bonchev–Trinajstić information content (AvgIpc) is 3.23. The van der Waals surface area contributed by atoms with Crippen LogP contribution in [0.4, 0.5) is 5.82 Å². The lowest BCUT2D eigenvalue weighted by Gasteiger charge is -2.32. The molecule has 3 aromatic rings. The van der Waals surface area contributed by atoms with Crippen LogP contribution in [0.1, 0.15) is 36.0 Å². The zero-order valence-electron chi connectivity index (χ0n) is 17.9. The molecule has 0 atom stereocenters. The predicted molar refractivity (Wildman–Crippen MR) is 120 cm³/mol. The summed E-state index contributed by atoms with van der Waals surface area (Å²) < 4.78 is 7.88. The van der Waals surface area contributed by atoms with Gasteiger partial charge in [-0.05, 0) is 30.5 Å². The molecule has 0 bridgehead atoms. The third kappa shape index (κ3) is 4.78. The van der Waals surface area contributed by atoms with Gasteiger partial charge in [-0.15, -0.1) is 10.2 Å². The minimum atomic E-state index is 0.426. The second-order valence-corrected chi connectivity index (χ2v) is 8.38. The van der Waals surface area contributed by atoms with Gasteiger partial charge < -0.3 is 14.2 Å². The highest BCUT2D eigenvalue weighted by molar-refractivity contribution is 5.38. The van der Waals surface area contributed by atoms with Crippen LogP contribution in [0.2, 0.25) is 0 Å². The van der Waals surface area contributed by atoms with E-state index in [1.807, 2.05) is 12.3 Å². The Morgan fingerprint density at radius 3 is 2.35 bits per heavy atom. The molecule has 0 unspecified atom stereocenters. The smallest absolute Gasteiger partial charge is 0.147 e. The summed E-state index contributed by atoms with van der Waals surface area (Å²) in [5.74, 6) is 3.69. The van der Waals surface area contributed by atoms with Gasteiger partial charge in [0.05, 0.1) is 26.3 Å². The van der Waals surface area contributed by atoms with E-state index >= 15 is 0 Å². The minimum absolute atomic E-state index is 0.426. The summed E-state index contributed by atoms with van der Waals surface area (Å²) in [7, 11) is 0. The number of hydrogen-bond donors (Lipinski definition) is 0. The molecule has 0 N–H and O–H groups in total. The quantitative estimate of drug-likeness (QED) is 0.614. The Kier molecular flexibility index (Phi) is 6.22. The molecule has 7 nitrogen and oxygen atoms in total. The summed E-state index contributed by atoms with van der Waals surface area (Å²) in [5.41, 5.74) is 1.29. The van der Waals surface area contributed by atoms with Crippen molar-refractivity contribution >= 4 is 5.82 Å². The van der Waals surface area contributed by atoms with E-state index in [1.54, 1.807) is 0 Å². The van der Waals surface area contributed by atoms with Gasteiger partial charge in [0.2, 0.25) is 0 Å². The van der Waals surface area contributed by atoms with Gasteiger partial charge in [0, 0.05) is 38.3 Å². The van der Waals surface area contributed by atoms with E-state index in [1.165, 1.54) is 5.56 Å². The number of piperidine rings is 1. The number of rotatable bonds is 6. The molecule has 2 fully saturated rings. The maximum atomic E-state index is 5.52. The fraction of sp³-hybridized carbons (Fsp3) is 0.458. The Morgan fingerprint density at radius 1 is 0.839 bits per heavy atom. The van der Waals surface area contributed by atoms with Gasteiger partial charge in [-0.1, -0.05) is 36.4 Å². The Bertz CT molecular complexity index is 947. The normalized spacial score (nSPS) is 18.4. The molecular formula is C24H30N6O. The first-order valence-electron chi connectivity index (χ1n) is 11.3. The van der Waals surface area contributed by atoms with Crippen LogP contribution in [0.3, 0.4) is 0 Å². The number of aromatic nitrogens is 4. The molecule has 2 aliphatic heterocycles. The molecule has 4 heterocycles. The second-order valence-electron chi connectivity index (χ2n) is 8.38. The molecule has 1 aromatic carbocycles. The van der Waals surface area contributed by atoms with E-state index in [4.69, 9.17) is 9.84 Å². The summed E-state index contributed by atoms with van der Waals surface area (Å²) in [5, 5.41) is 9.38. The van der Waals surface area contributed by atoms with Crippen molar-refractivity contribution in [3.05, 3.63) is 71.9 Å². The second kappa shape index (κ2) is 9.58. The summed E-state index contributed by atoms with van der Waals surface area (Å²) in [6, 6.07) is 16.8. The van der Waals surface area contributed by atoms with Gasteiger partial charge in [0.15, 0.2) is 0 Å². The molecule has 0 radical (unpaired) electrons. The third-order valence-corrected chi connectivity index (χ3v) is 6.34. The Hall–Kier alpha value is -2.77. The molecule has 0 saturated carbocycles. The molecule has 31 heavy (non-hydrogen) atoms. The van der Waals surface area contributed by atoms with Crippen molar-refractivity contribution in [3.8, 4) is 0 Å². The molecule has 2 aromatic heterocycles. The fourth-order valence-electron chi connectivity index (χ4n) is 4.57. The maximum Gasteiger partial charge on any atom is 0.147 e. The zero-order chi connectivity index (χ0) is 20.9. The number of anilines is 1. The summed E-state index contributed by atoms with van der Waals surface area (Å²) >= 11 is 0. The highest BCUT2D eigenvalue weighted by Gasteiger charge is 2.27. The molecule has 2 saturated heterocycles. The number of morpholine rings is 1. The van der Waals surface area contributed by atoms with Crippen LogP contribution in [-0.4, -0.2) is 64.0 Å². The third-order valence-electron chi connectivity index (χ3n) is 6.34. The van der Waals surface area contributed by atoms with Crippen LogP contribution >= 0.6 is 0 Å². The lowest BCUT2D eigenvalue weighted by atomic mass is 9.95. The Labute approximate surface area is 183 Å². The maximum absolute atomic E-state index is 5.52. The average molecular weight is 419 g/mol. The van der Waals surface area contributed by atoms with Crippen LogP contribution in [0, 0.1) is 0 Å². The van der Waals surface area contributed by atoms with E-state index in [0.717, 1.165) is 82.8 Å². The largest absolute Gasteiger partial charge is 0.379 e. The molecule has 2 aliphatic rings. The molecular weight excluding hydrogens is 388 g/mol. The zero-order valence-corrected chi connectivity index (χ0v) is 17.9. The van der Waals surface area contributed by atoms with Gasteiger partial charge in [0.1, 0.15) is 17.5 Å². The number of nitrogens with zero attached hydrogens (tertiary/aromatic N) is 6. The number of pyridine rings is 1. The lowest BCUT2D eigenvalue weighted by Crippen LogP contribution is -2.37. The first kappa shape index (κ1) is 20.2. The van der Waals surface area contributed by atoms with E-state index in [2.05, 4.69) is 66.9 Å². The lowest BCUT2D eigenvalue weighted by molar-refractivity contribution is 0.0325. The molecule has 0 aliphatic carbocycles. The first-order valence-corrected chi connectivity index (χ1v) is 11.3. The summed E-state index contributed by atoms with van der Waals surface area (Å²) in [6.07, 6.45) is 4.01. The van der Waals surface area contributed by atoms with E-state index in [9.17, 15) is 0 Å². The van der Waals surface area contributed by atoms with Gasteiger partial charge in [0.25, 0.3) is 0 Å². The van der Waals surface area contributed by atoms with E-state index in [0.29, 0.717) is 5.92 Å². The van der Waals surface area contributed by atoms with Crippen LogP contribution in [-0.2, 0) is 17.8 Å². The Morgan fingerprint density at radius 2 is 1.61 bits per heavy atom. The van der Waals surface area contributed by atoms with E-state index < -0.39 is 0 Å². The van der Waals surface area contributed by atoms with Gasteiger partial charge in [-0.3, -0.25) is 4.90 Å². The topological polar surface area (TPSA) is 59.3 Å². The molecule has 5 rings (SSSR count). The highest BCUT2D eigenvalue weighted by atomic mass is 16.5. The van der Waals surface area contributed by atoms with Crippen molar-refractivity contribution in [2.75, 3.05) is 44.3 Å². The van der Waals surface area contributed by atoms with Gasteiger partial charge in [-0.25, -0.2) is 4.98 Å². The molecule has 0 amide bonds. The predicted octanol–water partition coefficient (Wildman–Crippen LogP) is 2.94. The van der Waals surface area contributed by atoms with Crippen molar-refractivity contribution < 1.29 is 4.74 Å².